The van der Waals surface area contributed by atoms with Crippen LogP contribution in [0.4, 0.5) is 0 Å². The number of para-hydroxylation sites is 3. The number of rotatable bonds is 9. The van der Waals surface area contributed by atoms with Gasteiger partial charge >= 0.3 is 0 Å². The van der Waals surface area contributed by atoms with Crippen molar-refractivity contribution in [3.63, 3.8) is 0 Å². The number of imidazole rings is 1. The molecule has 10 aromatic rings. The number of hydrogen-bond donors (Lipinski definition) is 0. The van der Waals surface area contributed by atoms with Crippen molar-refractivity contribution in [3.05, 3.63) is 199 Å². The van der Waals surface area contributed by atoms with E-state index in [4.69, 9.17) is 17.9 Å². The van der Waals surface area contributed by atoms with Crippen LogP contribution >= 0.6 is 0 Å². The van der Waals surface area contributed by atoms with Gasteiger partial charge in [-0.15, -0.1) is 29.7 Å². The summed E-state index contributed by atoms with van der Waals surface area (Å²) in [6.07, 6.45) is 5.36. The van der Waals surface area contributed by atoms with E-state index in [2.05, 4.69) is 62.0 Å². The molecule has 3 aromatic heterocycles. The molecule has 0 N–H and O–H groups in total. The summed E-state index contributed by atoms with van der Waals surface area (Å²) in [5.74, 6) is 0.970. The molecule has 7 aromatic carbocycles. The van der Waals surface area contributed by atoms with Crippen molar-refractivity contribution in [2.75, 3.05) is 0 Å². The molecule has 0 amide bonds. The monoisotopic (exact) mass is 1020 g/mol. The molecular weight excluding hydrogens is 964 g/mol. The van der Waals surface area contributed by atoms with Crippen LogP contribution in [0.3, 0.4) is 0 Å². The predicted octanol–water partition coefficient (Wildman–Crippen LogP) is 14.5. The molecule has 0 radical (unpaired) electrons. The van der Waals surface area contributed by atoms with Crippen LogP contribution in [0, 0.1) is 18.5 Å². The van der Waals surface area contributed by atoms with Gasteiger partial charge in [0, 0.05) is 44.3 Å². The third kappa shape index (κ3) is 7.66. The zero-order valence-electron chi connectivity index (χ0n) is 46.5. The SMILES string of the molecule is [2H]c1c([2H])c([2H])c(-c2c(C(C)C)cc(C(C)C)c(-c3c([2H])c([2H])c([2H])c([2H])c3[2H])c2-[n+]2[c-]n(-c3[c-]c(Oc4[c-]c5c(cc4)c4ccccc4n5-c4cc(C(C)(C)C)ccn4)ccc3)c3ccccc32)c([2H])c1[2H].[Pt]. The summed E-state index contributed by atoms with van der Waals surface area (Å²) >= 11 is 0. The van der Waals surface area contributed by atoms with E-state index in [1.54, 1.807) is 15.2 Å². The fourth-order valence-corrected chi connectivity index (χ4v) is 8.45. The van der Waals surface area contributed by atoms with E-state index < -0.39 is 60.4 Å². The van der Waals surface area contributed by atoms with Gasteiger partial charge in [0.2, 0.25) is 0 Å². The molecular formula is C58H50N4OPt-2. The van der Waals surface area contributed by atoms with Gasteiger partial charge in [-0.25, -0.2) is 4.98 Å². The Bertz CT molecular complexity index is 3760. The van der Waals surface area contributed by atoms with Gasteiger partial charge in [-0.1, -0.05) is 163 Å². The van der Waals surface area contributed by atoms with E-state index in [9.17, 15) is 5.48 Å². The van der Waals surface area contributed by atoms with Crippen molar-refractivity contribution in [1.29, 1.82) is 0 Å². The van der Waals surface area contributed by atoms with Crippen LogP contribution in [-0.2, 0) is 26.5 Å². The van der Waals surface area contributed by atoms with Crippen LogP contribution in [0.1, 0.15) is 90.7 Å². The molecule has 0 aliphatic rings. The molecule has 3 heterocycles. The second-order valence-corrected chi connectivity index (χ2v) is 17.3. The Hall–Kier alpha value is -6.55. The van der Waals surface area contributed by atoms with Gasteiger partial charge in [-0.05, 0) is 85.5 Å². The Kier molecular flexibility index (Phi) is 8.64. The largest absolute Gasteiger partial charge is 0.510 e. The first-order valence-electron chi connectivity index (χ1n) is 26.1. The van der Waals surface area contributed by atoms with Crippen molar-refractivity contribution < 1.29 is 44.1 Å². The fourth-order valence-electron chi connectivity index (χ4n) is 8.45. The van der Waals surface area contributed by atoms with E-state index in [1.807, 2.05) is 107 Å². The smallest absolute Gasteiger partial charge is 0.268 e. The number of aromatic nitrogens is 4. The van der Waals surface area contributed by atoms with E-state index >= 15 is 0 Å². The molecule has 0 unspecified atom stereocenters. The molecule has 10 rings (SSSR count). The Morgan fingerprint density at radius 3 is 1.94 bits per heavy atom. The average molecular weight is 1020 g/mol. The summed E-state index contributed by atoms with van der Waals surface area (Å²) in [5.41, 5.74) is 6.24. The molecule has 5 nitrogen and oxygen atoms in total. The molecule has 0 fully saturated rings. The second-order valence-electron chi connectivity index (χ2n) is 17.3. The fraction of sp³-hybridized carbons (Fsp3) is 0.172. The average Bonchev–Trinajstić information content (AvgIpc) is 3.92. The normalized spacial score (nSPS) is 14.0. The van der Waals surface area contributed by atoms with Gasteiger partial charge in [0.15, 0.2) is 0 Å². The Balaban J connectivity index is 0.00000672. The van der Waals surface area contributed by atoms with E-state index in [-0.39, 0.29) is 66.3 Å². The first kappa shape index (κ1) is 32.2. The number of ether oxygens (including phenoxy) is 1. The number of pyridine rings is 1. The molecule has 320 valence electrons. The zero-order chi connectivity index (χ0) is 52.1. The number of benzene rings is 7. The summed E-state index contributed by atoms with van der Waals surface area (Å²) in [4.78, 5) is 4.82. The third-order valence-electron chi connectivity index (χ3n) is 11.5. The number of hydrogen-bond acceptors (Lipinski definition) is 2. The van der Waals surface area contributed by atoms with Crippen LogP contribution in [0.15, 0.2) is 164 Å². The maximum atomic E-state index is 9.36. The van der Waals surface area contributed by atoms with Crippen molar-refractivity contribution >= 4 is 32.8 Å². The van der Waals surface area contributed by atoms with E-state index in [0.717, 1.165) is 33.2 Å². The van der Waals surface area contributed by atoms with E-state index in [0.29, 0.717) is 39.3 Å². The summed E-state index contributed by atoms with van der Waals surface area (Å²) in [6.45, 7) is 14.3. The Morgan fingerprint density at radius 1 is 0.656 bits per heavy atom. The molecule has 0 saturated carbocycles. The van der Waals surface area contributed by atoms with Gasteiger partial charge in [0.05, 0.1) is 30.4 Å². The van der Waals surface area contributed by atoms with Crippen LogP contribution in [0.2, 0.25) is 0 Å². The van der Waals surface area contributed by atoms with Gasteiger partial charge in [0.25, 0.3) is 6.33 Å². The first-order chi connectivity index (χ1) is 34.7. The summed E-state index contributed by atoms with van der Waals surface area (Å²) in [6, 6.07) is 32.9. The molecule has 0 spiro atoms. The molecule has 64 heavy (non-hydrogen) atoms. The zero-order valence-corrected chi connectivity index (χ0v) is 38.8. The number of nitrogens with zero attached hydrogens (tertiary/aromatic N) is 4. The minimum Gasteiger partial charge on any atom is -0.510 e. The molecule has 6 heteroatoms. The van der Waals surface area contributed by atoms with Gasteiger partial charge < -0.3 is 13.9 Å². The number of fused-ring (bicyclic) bond motifs is 4. The summed E-state index contributed by atoms with van der Waals surface area (Å²) in [7, 11) is 0. The van der Waals surface area contributed by atoms with Crippen LogP contribution in [0.25, 0.3) is 72.3 Å². The van der Waals surface area contributed by atoms with Gasteiger partial charge in [-0.3, -0.25) is 4.57 Å². The standard InChI is InChI=1S/C58H50N4O.Pt/c1-38(2)48-36-49(39(3)4)56(41-21-12-9-13-22-41)57(55(48)40-19-10-8-11-20-40)61-37-60(51-27-16-17-28-52(51)61)43-23-18-24-44(34-43)63-45-29-30-47-46-25-14-15-26-50(46)62(53(47)35-45)54-33-42(31-32-59-54)58(5,6)7;/h8-33,36,38-39H,1-7H3;/q-2;/i8D,9D,10D,11D,12D,13D,19D,20D,21D,22D;. The molecule has 0 aliphatic heterocycles. The first-order valence-corrected chi connectivity index (χ1v) is 21.1. The van der Waals surface area contributed by atoms with Crippen LogP contribution < -0.4 is 9.30 Å². The quantitative estimate of drug-likeness (QED) is 0.107. The second kappa shape index (κ2) is 17.2. The molecule has 0 aliphatic carbocycles. The maximum absolute atomic E-state index is 9.36. The van der Waals surface area contributed by atoms with Crippen molar-refractivity contribution in [2.24, 2.45) is 0 Å². The third-order valence-corrected chi connectivity index (χ3v) is 11.5. The van der Waals surface area contributed by atoms with Gasteiger partial charge in [-0.2, -0.15) is 18.2 Å². The Morgan fingerprint density at radius 2 is 1.28 bits per heavy atom. The summed E-state index contributed by atoms with van der Waals surface area (Å²) in [5, 5.41) is 2.03. The minimum atomic E-state index is -0.563. The maximum Gasteiger partial charge on any atom is 0.268 e. The topological polar surface area (TPSA) is 35.9 Å². The van der Waals surface area contributed by atoms with Gasteiger partial charge in [0.1, 0.15) is 5.82 Å². The summed E-state index contributed by atoms with van der Waals surface area (Å²) < 4.78 is 102. The van der Waals surface area contributed by atoms with Crippen LogP contribution in [0.5, 0.6) is 11.5 Å². The Labute approximate surface area is 405 Å². The van der Waals surface area contributed by atoms with Crippen molar-refractivity contribution in [3.8, 4) is 50.9 Å². The molecule has 0 saturated heterocycles. The van der Waals surface area contributed by atoms with Crippen molar-refractivity contribution in [1.82, 2.24) is 14.1 Å². The van der Waals surface area contributed by atoms with Crippen LogP contribution in [-0.4, -0.2) is 14.1 Å². The minimum absolute atomic E-state index is 0. The van der Waals surface area contributed by atoms with E-state index in [1.165, 1.54) is 0 Å². The molecule has 0 atom stereocenters. The predicted molar refractivity (Wildman–Crippen MR) is 258 cm³/mol. The van der Waals surface area contributed by atoms with Crippen molar-refractivity contribution in [2.45, 2.75) is 65.7 Å². The molecule has 0 bridgehead atoms.